The van der Waals surface area contributed by atoms with Crippen LogP contribution in [0.1, 0.15) is 34.1 Å². The van der Waals surface area contributed by atoms with E-state index in [1.165, 1.54) is 0 Å². The maximum absolute atomic E-state index is 11.9. The standard InChI is InChI=1S/C11H21N3O/c1-8(6-7-12)14(5)10(15)9(13)11(2,3)4/h8-9H,6,13H2,1-5H3/t8?,9-/m0/s1. The van der Waals surface area contributed by atoms with Crippen LogP contribution in [0.15, 0.2) is 0 Å². The Morgan fingerprint density at radius 1 is 1.53 bits per heavy atom. The first-order valence-electron chi connectivity index (χ1n) is 5.11. The molecule has 0 aliphatic rings. The number of rotatable bonds is 3. The van der Waals surface area contributed by atoms with Gasteiger partial charge >= 0.3 is 0 Å². The van der Waals surface area contributed by atoms with Gasteiger partial charge in [0.05, 0.1) is 18.5 Å². The van der Waals surface area contributed by atoms with Crippen molar-refractivity contribution in [1.29, 1.82) is 5.26 Å². The summed E-state index contributed by atoms with van der Waals surface area (Å²) in [6, 6.07) is 1.43. The van der Waals surface area contributed by atoms with E-state index in [0.717, 1.165) is 0 Å². The number of hydrogen-bond donors (Lipinski definition) is 1. The second kappa shape index (κ2) is 5.13. The van der Waals surface area contributed by atoms with Gasteiger partial charge in [-0.1, -0.05) is 20.8 Å². The van der Waals surface area contributed by atoms with Gasteiger partial charge in [-0.25, -0.2) is 0 Å². The average molecular weight is 211 g/mol. The molecule has 0 rings (SSSR count). The Morgan fingerprint density at radius 3 is 2.33 bits per heavy atom. The Labute approximate surface area is 92.0 Å². The fraction of sp³-hybridized carbons (Fsp3) is 0.818. The highest BCUT2D eigenvalue weighted by atomic mass is 16.2. The molecule has 0 bridgehead atoms. The highest BCUT2D eigenvalue weighted by Crippen LogP contribution is 2.19. The lowest BCUT2D eigenvalue weighted by atomic mass is 9.86. The van der Waals surface area contributed by atoms with E-state index in [2.05, 4.69) is 0 Å². The molecule has 0 aromatic heterocycles. The number of nitriles is 1. The van der Waals surface area contributed by atoms with Gasteiger partial charge in [-0.15, -0.1) is 0 Å². The van der Waals surface area contributed by atoms with E-state index in [4.69, 9.17) is 11.0 Å². The molecule has 2 N–H and O–H groups in total. The van der Waals surface area contributed by atoms with Crippen LogP contribution in [0, 0.1) is 16.7 Å². The van der Waals surface area contributed by atoms with Crippen molar-refractivity contribution in [1.82, 2.24) is 4.90 Å². The lowest BCUT2D eigenvalue weighted by molar-refractivity contribution is -0.135. The second-order valence-electron chi connectivity index (χ2n) is 5.00. The highest BCUT2D eigenvalue weighted by Gasteiger charge is 2.31. The molecule has 4 nitrogen and oxygen atoms in total. The topological polar surface area (TPSA) is 70.1 Å². The van der Waals surface area contributed by atoms with E-state index in [-0.39, 0.29) is 17.4 Å². The van der Waals surface area contributed by atoms with Gasteiger partial charge in [-0.3, -0.25) is 4.79 Å². The zero-order valence-electron chi connectivity index (χ0n) is 10.2. The van der Waals surface area contributed by atoms with E-state index in [1.807, 2.05) is 33.8 Å². The van der Waals surface area contributed by atoms with Gasteiger partial charge in [0.15, 0.2) is 0 Å². The largest absolute Gasteiger partial charge is 0.341 e. The van der Waals surface area contributed by atoms with Crippen molar-refractivity contribution in [2.75, 3.05) is 7.05 Å². The van der Waals surface area contributed by atoms with Crippen LogP contribution in [0.3, 0.4) is 0 Å². The lowest BCUT2D eigenvalue weighted by Crippen LogP contribution is -2.51. The number of amides is 1. The fourth-order valence-corrected chi connectivity index (χ4v) is 1.08. The Balaban J connectivity index is 4.53. The Kier molecular flexibility index (Phi) is 4.76. The maximum Gasteiger partial charge on any atom is 0.240 e. The third kappa shape index (κ3) is 3.88. The predicted molar refractivity (Wildman–Crippen MR) is 59.9 cm³/mol. The monoisotopic (exact) mass is 211 g/mol. The van der Waals surface area contributed by atoms with Crippen molar-refractivity contribution in [2.45, 2.75) is 46.2 Å². The molecule has 1 unspecified atom stereocenters. The summed E-state index contributed by atoms with van der Waals surface area (Å²) >= 11 is 0. The normalized spacial score (nSPS) is 15.3. The molecule has 0 aliphatic heterocycles. The summed E-state index contributed by atoms with van der Waals surface area (Å²) in [5.74, 6) is -0.106. The average Bonchev–Trinajstić information content (AvgIpc) is 2.13. The molecule has 0 spiro atoms. The van der Waals surface area contributed by atoms with Gasteiger partial charge in [-0.05, 0) is 12.3 Å². The molecule has 86 valence electrons. The molecule has 2 atom stereocenters. The van der Waals surface area contributed by atoms with Gasteiger partial charge < -0.3 is 10.6 Å². The van der Waals surface area contributed by atoms with E-state index in [1.54, 1.807) is 11.9 Å². The smallest absolute Gasteiger partial charge is 0.240 e. The number of hydrogen-bond acceptors (Lipinski definition) is 3. The first-order valence-corrected chi connectivity index (χ1v) is 5.11. The molecule has 0 aromatic carbocycles. The molecule has 0 aromatic rings. The Hall–Kier alpha value is -1.08. The Bertz CT molecular complexity index is 262. The van der Waals surface area contributed by atoms with Crippen LogP contribution in [0.5, 0.6) is 0 Å². The van der Waals surface area contributed by atoms with Crippen LogP contribution in [-0.2, 0) is 4.79 Å². The summed E-state index contributed by atoms with van der Waals surface area (Å²) in [4.78, 5) is 13.5. The number of carbonyl (C=O) groups is 1. The quantitative estimate of drug-likeness (QED) is 0.760. The van der Waals surface area contributed by atoms with Gasteiger partial charge in [0.25, 0.3) is 0 Å². The van der Waals surface area contributed by atoms with Crippen LogP contribution in [0.4, 0.5) is 0 Å². The highest BCUT2D eigenvalue weighted by molar-refractivity contribution is 5.82. The van der Waals surface area contributed by atoms with Gasteiger partial charge in [0, 0.05) is 13.1 Å². The molecule has 0 heterocycles. The van der Waals surface area contributed by atoms with Crippen LogP contribution in [-0.4, -0.2) is 29.9 Å². The van der Waals surface area contributed by atoms with E-state index in [9.17, 15) is 4.79 Å². The first-order chi connectivity index (χ1) is 6.71. The molecule has 0 fully saturated rings. The minimum Gasteiger partial charge on any atom is -0.341 e. The number of carbonyl (C=O) groups excluding carboxylic acids is 1. The number of nitrogens with zero attached hydrogens (tertiary/aromatic N) is 2. The summed E-state index contributed by atoms with van der Waals surface area (Å²) < 4.78 is 0. The summed E-state index contributed by atoms with van der Waals surface area (Å²) in [7, 11) is 1.69. The van der Waals surface area contributed by atoms with E-state index < -0.39 is 6.04 Å². The molecular formula is C11H21N3O. The third-order valence-corrected chi connectivity index (χ3v) is 2.59. The fourth-order valence-electron chi connectivity index (χ4n) is 1.08. The summed E-state index contributed by atoms with van der Waals surface area (Å²) in [5, 5.41) is 8.55. The van der Waals surface area contributed by atoms with Crippen LogP contribution in [0.2, 0.25) is 0 Å². The molecule has 4 heteroatoms. The van der Waals surface area contributed by atoms with E-state index in [0.29, 0.717) is 6.42 Å². The predicted octanol–water partition coefficient (Wildman–Crippen LogP) is 1.12. The van der Waals surface area contributed by atoms with Crippen molar-refractivity contribution in [3.8, 4) is 6.07 Å². The van der Waals surface area contributed by atoms with Crippen molar-refractivity contribution < 1.29 is 4.79 Å². The molecule has 0 radical (unpaired) electrons. The second-order valence-corrected chi connectivity index (χ2v) is 5.00. The number of nitrogens with two attached hydrogens (primary N) is 1. The molecule has 1 amide bonds. The molecule has 15 heavy (non-hydrogen) atoms. The zero-order chi connectivity index (χ0) is 12.2. The van der Waals surface area contributed by atoms with Gasteiger partial charge in [-0.2, -0.15) is 5.26 Å². The molecule has 0 aliphatic carbocycles. The maximum atomic E-state index is 11.9. The first kappa shape index (κ1) is 13.9. The summed E-state index contributed by atoms with van der Waals surface area (Å²) in [6.07, 6.45) is 0.332. The Morgan fingerprint density at radius 2 is 2.00 bits per heavy atom. The summed E-state index contributed by atoms with van der Waals surface area (Å²) in [6.45, 7) is 7.63. The van der Waals surface area contributed by atoms with Gasteiger partial charge in [0.1, 0.15) is 0 Å². The zero-order valence-corrected chi connectivity index (χ0v) is 10.2. The molecule has 0 saturated heterocycles. The van der Waals surface area contributed by atoms with Crippen molar-refractivity contribution >= 4 is 5.91 Å². The van der Waals surface area contributed by atoms with Crippen molar-refractivity contribution in [3.63, 3.8) is 0 Å². The van der Waals surface area contributed by atoms with Crippen LogP contribution < -0.4 is 5.73 Å². The van der Waals surface area contributed by atoms with Crippen LogP contribution >= 0.6 is 0 Å². The summed E-state index contributed by atoms with van der Waals surface area (Å²) in [5.41, 5.74) is 5.60. The third-order valence-electron chi connectivity index (χ3n) is 2.59. The number of likely N-dealkylation sites (N-methyl/N-ethyl adjacent to an activating group) is 1. The minimum absolute atomic E-state index is 0.0871. The molecular weight excluding hydrogens is 190 g/mol. The van der Waals surface area contributed by atoms with Gasteiger partial charge in [0.2, 0.25) is 5.91 Å². The minimum atomic E-state index is -0.524. The lowest BCUT2D eigenvalue weighted by Gasteiger charge is -2.32. The van der Waals surface area contributed by atoms with E-state index >= 15 is 0 Å². The SMILES string of the molecule is CC(CC#N)N(C)C(=O)[C@H](N)C(C)(C)C. The molecule has 0 saturated carbocycles. The van der Waals surface area contributed by atoms with Crippen molar-refractivity contribution in [3.05, 3.63) is 0 Å². The van der Waals surface area contributed by atoms with Crippen molar-refractivity contribution in [2.24, 2.45) is 11.1 Å². The van der Waals surface area contributed by atoms with Crippen LogP contribution in [0.25, 0.3) is 0 Å².